The van der Waals surface area contributed by atoms with Crippen LogP contribution in [0.4, 0.5) is 0 Å². The van der Waals surface area contributed by atoms with Crippen molar-refractivity contribution in [2.24, 2.45) is 4.99 Å². The zero-order valence-electron chi connectivity index (χ0n) is 39.1. The molecule has 0 fully saturated rings. The summed E-state index contributed by atoms with van der Waals surface area (Å²) in [4.78, 5) is 18.6. The monoisotopic (exact) mass is 908 g/mol. The summed E-state index contributed by atoms with van der Waals surface area (Å²) in [6.45, 7) is 0. The Balaban J connectivity index is 0.983. The minimum Gasteiger partial charge on any atom is -0.309 e. The number of hydrogen-bond acceptors (Lipinski definition) is 4. The van der Waals surface area contributed by atoms with Gasteiger partial charge in [0.1, 0.15) is 0 Å². The summed E-state index contributed by atoms with van der Waals surface area (Å²) in [6, 6.07) is 60.6. The summed E-state index contributed by atoms with van der Waals surface area (Å²) < 4.78 is 5.10. The molecule has 13 aromatic rings. The molecule has 0 bridgehead atoms. The Bertz CT molecular complexity index is 4460. The molecule has 0 saturated carbocycles. The molecule has 334 valence electrons. The van der Waals surface area contributed by atoms with E-state index in [1.54, 1.807) is 7.05 Å². The molecule has 71 heavy (non-hydrogen) atoms. The smallest absolute Gasteiger partial charge is 0.0970 e. The van der Waals surface area contributed by atoms with E-state index in [1.165, 1.54) is 111 Å². The highest BCUT2D eigenvalue weighted by atomic mass is 15.0. The Morgan fingerprint density at radius 1 is 0.465 bits per heavy atom. The van der Waals surface area contributed by atoms with Crippen LogP contribution in [-0.4, -0.2) is 37.3 Å². The van der Waals surface area contributed by atoms with Crippen molar-refractivity contribution in [3.05, 3.63) is 216 Å². The van der Waals surface area contributed by atoms with E-state index in [4.69, 9.17) is 15.0 Å². The van der Waals surface area contributed by atoms with Crippen molar-refractivity contribution in [2.75, 3.05) is 7.05 Å². The molecule has 0 aliphatic heterocycles. The van der Waals surface area contributed by atoms with Crippen molar-refractivity contribution in [3.8, 4) is 44.8 Å². The third-order valence-corrected chi connectivity index (χ3v) is 15.4. The Morgan fingerprint density at radius 3 is 1.66 bits per heavy atom. The lowest BCUT2D eigenvalue weighted by molar-refractivity contribution is 0.883. The number of fused-ring (bicyclic) bond motifs is 12. The minimum atomic E-state index is 0.934. The Morgan fingerprint density at radius 2 is 1.03 bits per heavy atom. The standard InChI is InChI=1S/C65H44N6/c1-66-28-8-12-39-38-57-42(13-9-29-67-57)34-51(39)40-22-26-58-53(32-40)55-35-43-20-21-44-36-56-54-33-41(52-37-45-14-10-30-68-62(45)63-48(52)19-11-31-69-63)23-27-59(54)71(47-17-6-3-7-18-47)65(56)50-25-24-49(60(43)61(44)50)64(55)70(58)46-15-4-2-5-16-46/h2-19,22-23,26-38H,20-21,24-25H2,1H3/b12-8-,66-28?. The van der Waals surface area contributed by atoms with E-state index in [1.807, 2.05) is 49.1 Å². The van der Waals surface area contributed by atoms with Gasteiger partial charge in [-0.05, 0) is 190 Å². The van der Waals surface area contributed by atoms with Crippen LogP contribution in [0.15, 0.2) is 193 Å². The fourth-order valence-electron chi connectivity index (χ4n) is 12.5. The number of allylic oxidation sites excluding steroid dienone is 1. The summed E-state index contributed by atoms with van der Waals surface area (Å²) >= 11 is 0. The molecule has 5 heterocycles. The Kier molecular flexibility index (Phi) is 8.72. The first-order chi connectivity index (χ1) is 35.2. The molecule has 2 aliphatic carbocycles. The molecule has 0 saturated heterocycles. The van der Waals surface area contributed by atoms with Gasteiger partial charge in [0.15, 0.2) is 0 Å². The lowest BCUT2D eigenvalue weighted by Crippen LogP contribution is -2.16. The van der Waals surface area contributed by atoms with Crippen LogP contribution in [0.2, 0.25) is 0 Å². The van der Waals surface area contributed by atoms with Gasteiger partial charge in [-0.1, -0.05) is 72.8 Å². The maximum atomic E-state index is 4.86. The second kappa shape index (κ2) is 15.5. The van der Waals surface area contributed by atoms with Crippen LogP contribution in [0.25, 0.3) is 127 Å². The van der Waals surface area contributed by atoms with Crippen LogP contribution < -0.4 is 0 Å². The average Bonchev–Trinajstić information content (AvgIpc) is 3.94. The number of nitrogens with zero attached hydrogens (tertiary/aromatic N) is 6. The maximum absolute atomic E-state index is 4.86. The molecule has 5 aromatic heterocycles. The van der Waals surface area contributed by atoms with Gasteiger partial charge in [0.25, 0.3) is 0 Å². The normalized spacial score (nSPS) is 13.4. The number of aliphatic imine (C=N–C) groups is 1. The number of aryl methyl sites for hydroxylation is 4. The van der Waals surface area contributed by atoms with Gasteiger partial charge >= 0.3 is 0 Å². The molecule has 0 atom stereocenters. The van der Waals surface area contributed by atoms with Gasteiger partial charge in [0, 0.05) is 80.9 Å². The molecule has 0 radical (unpaired) electrons. The van der Waals surface area contributed by atoms with Crippen molar-refractivity contribution >= 4 is 88.6 Å². The van der Waals surface area contributed by atoms with Crippen LogP contribution in [0, 0.1) is 0 Å². The summed E-state index contributed by atoms with van der Waals surface area (Å²) in [5.41, 5.74) is 24.9. The first-order valence-electron chi connectivity index (χ1n) is 24.7. The van der Waals surface area contributed by atoms with Gasteiger partial charge in [-0.3, -0.25) is 19.9 Å². The zero-order chi connectivity index (χ0) is 46.7. The van der Waals surface area contributed by atoms with Gasteiger partial charge in [-0.25, -0.2) is 0 Å². The Hall–Kier alpha value is -9.00. The van der Waals surface area contributed by atoms with Crippen LogP contribution in [-0.2, 0) is 25.7 Å². The topological polar surface area (TPSA) is 60.9 Å². The summed E-state index contributed by atoms with van der Waals surface area (Å²) in [5.74, 6) is 0. The van der Waals surface area contributed by atoms with Crippen molar-refractivity contribution < 1.29 is 0 Å². The lowest BCUT2D eigenvalue weighted by Gasteiger charge is -2.31. The molecule has 0 N–H and O–H groups in total. The number of hydrogen-bond donors (Lipinski definition) is 0. The van der Waals surface area contributed by atoms with E-state index >= 15 is 0 Å². The maximum Gasteiger partial charge on any atom is 0.0970 e. The zero-order valence-corrected chi connectivity index (χ0v) is 39.1. The fraction of sp³-hybridized carbons (Fsp3) is 0.0769. The van der Waals surface area contributed by atoms with Crippen LogP contribution >= 0.6 is 0 Å². The number of rotatable bonds is 6. The molecule has 8 aromatic carbocycles. The third kappa shape index (κ3) is 5.94. The SMILES string of the molecule is CN=C/C=C\c1cc2ncccc2cc1-c1ccc2c(c1)c1cc3c4c(c1n2-c1ccccc1)CCc1c-4c(cc2c4cc(-c5cc6cccnc6c6ncccc56)ccc4n(-c4ccccc4)c12)CC3. The summed E-state index contributed by atoms with van der Waals surface area (Å²) in [5, 5.41) is 8.52. The van der Waals surface area contributed by atoms with E-state index in [2.05, 4.69) is 166 Å². The summed E-state index contributed by atoms with van der Waals surface area (Å²) in [6.07, 6.45) is 15.5. The number of benzene rings is 8. The van der Waals surface area contributed by atoms with E-state index in [0.29, 0.717) is 0 Å². The minimum absolute atomic E-state index is 0.934. The third-order valence-electron chi connectivity index (χ3n) is 15.4. The predicted octanol–water partition coefficient (Wildman–Crippen LogP) is 15.4. The molecule has 15 rings (SSSR count). The quantitative estimate of drug-likeness (QED) is 0.123. The van der Waals surface area contributed by atoms with E-state index in [0.717, 1.165) is 64.0 Å². The van der Waals surface area contributed by atoms with E-state index in [-0.39, 0.29) is 0 Å². The molecule has 2 aliphatic rings. The second-order valence-electron chi connectivity index (χ2n) is 19.2. The molecule has 0 unspecified atom stereocenters. The largest absolute Gasteiger partial charge is 0.309 e. The van der Waals surface area contributed by atoms with Gasteiger partial charge in [0.05, 0.1) is 38.6 Å². The number of pyridine rings is 3. The van der Waals surface area contributed by atoms with Crippen molar-refractivity contribution in [3.63, 3.8) is 0 Å². The van der Waals surface area contributed by atoms with E-state index in [9.17, 15) is 0 Å². The van der Waals surface area contributed by atoms with Gasteiger partial charge < -0.3 is 9.13 Å². The van der Waals surface area contributed by atoms with E-state index < -0.39 is 0 Å². The molecule has 6 heteroatoms. The lowest BCUT2D eigenvalue weighted by atomic mass is 9.74. The van der Waals surface area contributed by atoms with Crippen LogP contribution in [0.1, 0.15) is 27.8 Å². The highest BCUT2D eigenvalue weighted by molar-refractivity contribution is 6.18. The molecule has 0 amide bonds. The highest BCUT2D eigenvalue weighted by Gasteiger charge is 2.33. The molecule has 6 nitrogen and oxygen atoms in total. The van der Waals surface area contributed by atoms with Crippen molar-refractivity contribution in [2.45, 2.75) is 25.7 Å². The predicted molar refractivity (Wildman–Crippen MR) is 296 cm³/mol. The van der Waals surface area contributed by atoms with Crippen molar-refractivity contribution in [1.29, 1.82) is 0 Å². The summed E-state index contributed by atoms with van der Waals surface area (Å²) in [7, 11) is 1.81. The number of para-hydroxylation sites is 2. The van der Waals surface area contributed by atoms with Gasteiger partial charge in [0.2, 0.25) is 0 Å². The van der Waals surface area contributed by atoms with Gasteiger partial charge in [-0.15, -0.1) is 0 Å². The van der Waals surface area contributed by atoms with Crippen LogP contribution in [0.3, 0.4) is 0 Å². The molecular weight excluding hydrogens is 865 g/mol. The molecule has 0 spiro atoms. The average molecular weight is 909 g/mol. The first-order valence-corrected chi connectivity index (χ1v) is 24.7. The Labute approximate surface area is 409 Å². The number of aromatic nitrogens is 5. The van der Waals surface area contributed by atoms with Gasteiger partial charge in [-0.2, -0.15) is 0 Å². The second-order valence-corrected chi connectivity index (χ2v) is 19.2. The first kappa shape index (κ1) is 39.9. The highest BCUT2D eigenvalue weighted by Crippen LogP contribution is 2.52. The van der Waals surface area contributed by atoms with Crippen molar-refractivity contribution in [1.82, 2.24) is 24.1 Å². The van der Waals surface area contributed by atoms with Crippen LogP contribution in [0.5, 0.6) is 0 Å². The fourth-order valence-corrected chi connectivity index (χ4v) is 12.5. The molecular formula is C65H44N6.